The molecule has 184 valence electrons. The van der Waals surface area contributed by atoms with Gasteiger partial charge in [-0.3, -0.25) is 9.59 Å². The topological polar surface area (TPSA) is 46.6 Å². The van der Waals surface area contributed by atoms with E-state index in [-0.39, 0.29) is 18.9 Å². The standard InChI is InChI=1S/C23H20F7NO3/c1-31(20(32)13-9-14(22(25,26)27)11-15(10-13)23(28,29)30)18-8-7-17(21(33)34-2)19(18)12-3-5-16(24)6-4-12/h3-6,9-11,17-19H,7-8H2,1-2H3/t17-,18+,19+/m0/s1. The van der Waals surface area contributed by atoms with Gasteiger partial charge in [0.15, 0.2) is 0 Å². The summed E-state index contributed by atoms with van der Waals surface area (Å²) in [5.74, 6) is -3.63. The number of alkyl halides is 6. The van der Waals surface area contributed by atoms with Crippen molar-refractivity contribution in [3.8, 4) is 0 Å². The molecule has 1 aliphatic rings. The molecular weight excluding hydrogens is 471 g/mol. The minimum Gasteiger partial charge on any atom is -0.469 e. The van der Waals surface area contributed by atoms with Crippen LogP contribution in [0.25, 0.3) is 0 Å². The van der Waals surface area contributed by atoms with E-state index in [0.29, 0.717) is 17.7 Å². The van der Waals surface area contributed by atoms with Crippen LogP contribution in [0, 0.1) is 11.7 Å². The Kier molecular flexibility index (Phi) is 6.95. The molecule has 2 aromatic carbocycles. The lowest BCUT2D eigenvalue weighted by Gasteiger charge is -2.32. The van der Waals surface area contributed by atoms with E-state index < -0.39 is 64.6 Å². The van der Waals surface area contributed by atoms with Gasteiger partial charge >= 0.3 is 18.3 Å². The first kappa shape index (κ1) is 25.5. The quantitative estimate of drug-likeness (QED) is 0.409. The molecule has 4 nitrogen and oxygen atoms in total. The molecule has 0 spiro atoms. The molecular formula is C23H20F7NO3. The van der Waals surface area contributed by atoms with Gasteiger partial charge in [0.25, 0.3) is 5.91 Å². The number of esters is 1. The molecule has 2 aromatic rings. The zero-order valence-electron chi connectivity index (χ0n) is 18.0. The second-order valence-electron chi connectivity index (χ2n) is 8.06. The fourth-order valence-corrected chi connectivity index (χ4v) is 4.40. The normalized spacial score (nSPS) is 20.8. The van der Waals surface area contributed by atoms with Crippen molar-refractivity contribution in [3.05, 3.63) is 70.5 Å². The number of rotatable bonds is 4. The van der Waals surface area contributed by atoms with Crippen LogP contribution in [0.15, 0.2) is 42.5 Å². The maximum Gasteiger partial charge on any atom is 0.416 e. The van der Waals surface area contributed by atoms with Crippen molar-refractivity contribution < 1.29 is 45.1 Å². The molecule has 1 saturated carbocycles. The van der Waals surface area contributed by atoms with Crippen molar-refractivity contribution in [2.45, 2.75) is 37.2 Å². The molecule has 1 fully saturated rings. The van der Waals surface area contributed by atoms with Crippen molar-refractivity contribution in [2.24, 2.45) is 5.92 Å². The van der Waals surface area contributed by atoms with Crippen molar-refractivity contribution in [1.29, 1.82) is 0 Å². The van der Waals surface area contributed by atoms with Crippen LogP contribution in [0.2, 0.25) is 0 Å². The lowest BCUT2D eigenvalue weighted by atomic mass is 9.85. The predicted molar refractivity (Wildman–Crippen MR) is 106 cm³/mol. The Balaban J connectivity index is 2.02. The highest BCUT2D eigenvalue weighted by Gasteiger charge is 2.45. The van der Waals surface area contributed by atoms with E-state index >= 15 is 0 Å². The summed E-state index contributed by atoms with van der Waals surface area (Å²) >= 11 is 0. The second kappa shape index (κ2) is 9.27. The molecule has 0 unspecified atom stereocenters. The maximum absolute atomic E-state index is 13.4. The first-order valence-corrected chi connectivity index (χ1v) is 10.1. The van der Waals surface area contributed by atoms with E-state index in [0.717, 1.165) is 17.0 Å². The van der Waals surface area contributed by atoms with Crippen LogP contribution in [-0.4, -0.2) is 37.0 Å². The van der Waals surface area contributed by atoms with Crippen LogP contribution in [0.5, 0.6) is 0 Å². The Morgan fingerprint density at radius 3 is 1.91 bits per heavy atom. The van der Waals surface area contributed by atoms with E-state index in [1.54, 1.807) is 0 Å². The van der Waals surface area contributed by atoms with Gasteiger partial charge in [0.2, 0.25) is 0 Å². The second-order valence-corrected chi connectivity index (χ2v) is 8.06. The molecule has 0 saturated heterocycles. The van der Waals surface area contributed by atoms with Gasteiger partial charge in [-0.15, -0.1) is 0 Å². The van der Waals surface area contributed by atoms with Crippen LogP contribution in [0.4, 0.5) is 30.7 Å². The fourth-order valence-electron chi connectivity index (χ4n) is 4.40. The third kappa shape index (κ3) is 5.18. The molecule has 0 heterocycles. The number of halogens is 7. The van der Waals surface area contributed by atoms with Gasteiger partial charge in [-0.05, 0) is 48.7 Å². The SMILES string of the molecule is COC(=O)[C@H]1CC[C@@H](N(C)C(=O)c2cc(C(F)(F)F)cc(C(F)(F)F)c2)[C@@H]1c1ccc(F)cc1. The number of nitrogens with zero attached hydrogens (tertiary/aromatic N) is 1. The molecule has 0 aromatic heterocycles. The summed E-state index contributed by atoms with van der Waals surface area (Å²) in [4.78, 5) is 26.4. The number of likely N-dealkylation sites (N-methyl/N-ethyl adjacent to an activating group) is 1. The third-order valence-electron chi connectivity index (χ3n) is 6.03. The van der Waals surface area contributed by atoms with E-state index in [2.05, 4.69) is 0 Å². The summed E-state index contributed by atoms with van der Waals surface area (Å²) < 4.78 is 97.6. The zero-order chi connectivity index (χ0) is 25.4. The Morgan fingerprint density at radius 1 is 0.912 bits per heavy atom. The van der Waals surface area contributed by atoms with Crippen LogP contribution in [-0.2, 0) is 21.9 Å². The molecule has 3 atom stereocenters. The van der Waals surface area contributed by atoms with E-state index in [9.17, 15) is 40.3 Å². The monoisotopic (exact) mass is 491 g/mol. The van der Waals surface area contributed by atoms with Gasteiger partial charge in [-0.1, -0.05) is 12.1 Å². The summed E-state index contributed by atoms with van der Waals surface area (Å²) in [6, 6.07) is 5.07. The number of amides is 1. The first-order chi connectivity index (χ1) is 15.7. The van der Waals surface area contributed by atoms with Crippen LogP contribution >= 0.6 is 0 Å². The van der Waals surface area contributed by atoms with E-state index in [4.69, 9.17) is 4.74 Å². The molecule has 0 bridgehead atoms. The van der Waals surface area contributed by atoms with Gasteiger partial charge in [0.1, 0.15) is 5.82 Å². The number of hydrogen-bond acceptors (Lipinski definition) is 3. The molecule has 1 amide bonds. The Hall–Kier alpha value is -3.11. The minimum absolute atomic E-state index is 0.0546. The van der Waals surface area contributed by atoms with Gasteiger partial charge in [0.05, 0.1) is 24.2 Å². The number of hydrogen-bond donors (Lipinski definition) is 0. The number of carbonyl (C=O) groups is 2. The summed E-state index contributed by atoms with van der Waals surface area (Å²) in [6.45, 7) is 0. The van der Waals surface area contributed by atoms with E-state index in [1.165, 1.54) is 26.3 Å². The Morgan fingerprint density at radius 2 is 1.44 bits per heavy atom. The van der Waals surface area contributed by atoms with Crippen molar-refractivity contribution in [1.82, 2.24) is 4.90 Å². The van der Waals surface area contributed by atoms with Crippen molar-refractivity contribution in [2.75, 3.05) is 14.2 Å². The fraction of sp³-hybridized carbons (Fsp3) is 0.391. The number of carbonyl (C=O) groups excluding carboxylic acids is 2. The van der Waals surface area contributed by atoms with Gasteiger partial charge in [0, 0.05) is 24.6 Å². The number of methoxy groups -OCH3 is 1. The number of ether oxygens (including phenoxy) is 1. The summed E-state index contributed by atoms with van der Waals surface area (Å²) in [5.41, 5.74) is -3.51. The molecule has 34 heavy (non-hydrogen) atoms. The molecule has 0 aliphatic heterocycles. The van der Waals surface area contributed by atoms with Gasteiger partial charge in [-0.2, -0.15) is 26.3 Å². The summed E-state index contributed by atoms with van der Waals surface area (Å²) in [7, 11) is 2.42. The summed E-state index contributed by atoms with van der Waals surface area (Å²) in [5, 5.41) is 0. The van der Waals surface area contributed by atoms with E-state index in [1.807, 2.05) is 0 Å². The highest BCUT2D eigenvalue weighted by atomic mass is 19.4. The molecule has 11 heteroatoms. The smallest absolute Gasteiger partial charge is 0.416 e. The van der Waals surface area contributed by atoms with Crippen LogP contribution < -0.4 is 0 Å². The highest BCUT2D eigenvalue weighted by Crippen LogP contribution is 2.44. The summed E-state index contributed by atoms with van der Waals surface area (Å²) in [6.07, 6.45) is -9.72. The number of benzene rings is 2. The molecule has 0 radical (unpaired) electrons. The highest BCUT2D eigenvalue weighted by molar-refractivity contribution is 5.95. The van der Waals surface area contributed by atoms with Crippen molar-refractivity contribution in [3.63, 3.8) is 0 Å². The maximum atomic E-state index is 13.4. The largest absolute Gasteiger partial charge is 0.469 e. The predicted octanol–water partition coefficient (Wildman–Crippen LogP) is 5.67. The van der Waals surface area contributed by atoms with Gasteiger partial charge in [-0.25, -0.2) is 4.39 Å². The van der Waals surface area contributed by atoms with Crippen molar-refractivity contribution >= 4 is 11.9 Å². The zero-order valence-corrected chi connectivity index (χ0v) is 18.0. The van der Waals surface area contributed by atoms with Gasteiger partial charge < -0.3 is 9.64 Å². The molecule has 0 N–H and O–H groups in total. The average molecular weight is 491 g/mol. The lowest BCUT2D eigenvalue weighted by molar-refractivity contribution is -0.146. The molecule has 3 rings (SSSR count). The molecule has 1 aliphatic carbocycles. The Labute approximate surface area is 190 Å². The Bertz CT molecular complexity index is 1030. The average Bonchev–Trinajstić information content (AvgIpc) is 3.21. The minimum atomic E-state index is -5.10. The first-order valence-electron chi connectivity index (χ1n) is 10.1. The van der Waals surface area contributed by atoms with Crippen LogP contribution in [0.1, 0.15) is 45.8 Å². The van der Waals surface area contributed by atoms with Crippen LogP contribution in [0.3, 0.4) is 0 Å². The third-order valence-corrected chi connectivity index (χ3v) is 6.03. The lowest BCUT2D eigenvalue weighted by Crippen LogP contribution is -2.40.